The van der Waals surface area contributed by atoms with E-state index in [-0.39, 0.29) is 84.9 Å². The van der Waals surface area contributed by atoms with Crippen LogP contribution in [0.4, 0.5) is 0 Å². The van der Waals surface area contributed by atoms with Crippen LogP contribution >= 0.6 is 139 Å². The molecule has 0 radical (unpaired) electrons. The van der Waals surface area contributed by atoms with Gasteiger partial charge < -0.3 is 20.4 Å². The Morgan fingerprint density at radius 3 is 0.537 bits per heavy atom. The van der Waals surface area contributed by atoms with Gasteiger partial charge in [0, 0.05) is 0 Å². The van der Waals surface area contributed by atoms with Crippen molar-refractivity contribution in [1.82, 2.24) is 0 Å². The summed E-state index contributed by atoms with van der Waals surface area (Å²) < 4.78 is 0. The fraction of sp³-hybridized carbons (Fsp3) is 0. The molecule has 0 saturated heterocycles. The van der Waals surface area contributed by atoms with Crippen LogP contribution in [0.1, 0.15) is 0 Å². The van der Waals surface area contributed by atoms with E-state index in [1.54, 1.807) is 0 Å². The Morgan fingerprint density at radius 1 is 0.268 bits per heavy atom. The number of halogens is 12. The molecule has 4 nitrogen and oxygen atoms in total. The molecular formula is C24H8Cl12O4Ti. The zero-order valence-corrected chi connectivity index (χ0v) is 29.9. The van der Waals surface area contributed by atoms with Crippen molar-refractivity contribution in [3.05, 3.63) is 109 Å². The minimum atomic E-state index is -0.309. The molecule has 0 aliphatic rings. The van der Waals surface area contributed by atoms with Crippen molar-refractivity contribution < 1.29 is 42.1 Å². The second kappa shape index (κ2) is 19.6. The molecule has 0 spiro atoms. The molecule has 0 fully saturated rings. The molecule has 0 aliphatic heterocycles. The number of hydrogen-bond donors (Lipinski definition) is 0. The Bertz CT molecular complexity index is 1160. The Kier molecular flexibility index (Phi) is 19.7. The summed E-state index contributed by atoms with van der Waals surface area (Å²) in [6.07, 6.45) is 0. The molecule has 4 rings (SSSR count). The number of hydrogen-bond acceptors (Lipinski definition) is 4. The standard InChI is InChI=1S/4C6H3Cl3O.Ti/c4*7-3-1-2-4(10)6(9)5(3)8;/h4*1-2,10H;/q;;;;+4/p-4. The van der Waals surface area contributed by atoms with Crippen molar-refractivity contribution in [2.45, 2.75) is 0 Å². The van der Waals surface area contributed by atoms with Gasteiger partial charge in [-0.05, 0) is 24.3 Å². The van der Waals surface area contributed by atoms with E-state index in [2.05, 4.69) is 0 Å². The molecule has 4 aromatic carbocycles. The molecule has 0 unspecified atom stereocenters. The molecular weight excluding hydrogens is 826 g/mol. The molecule has 0 saturated carbocycles. The zero-order chi connectivity index (χ0) is 30.9. The van der Waals surface area contributed by atoms with Crippen LogP contribution in [0.5, 0.6) is 23.0 Å². The molecule has 0 atom stereocenters. The van der Waals surface area contributed by atoms with Gasteiger partial charge in [-0.2, -0.15) is 0 Å². The molecule has 17 heteroatoms. The third-order valence-electron chi connectivity index (χ3n) is 4.00. The van der Waals surface area contributed by atoms with Crippen molar-refractivity contribution in [2.24, 2.45) is 0 Å². The van der Waals surface area contributed by atoms with Gasteiger partial charge in [0.15, 0.2) is 0 Å². The smallest absolute Gasteiger partial charge is 0.871 e. The van der Waals surface area contributed by atoms with Crippen molar-refractivity contribution in [3.8, 4) is 23.0 Å². The first-order chi connectivity index (χ1) is 18.5. The Hall–Kier alpha value is 0.274. The summed E-state index contributed by atoms with van der Waals surface area (Å²) in [7, 11) is 0. The van der Waals surface area contributed by atoms with Crippen LogP contribution in [0.3, 0.4) is 0 Å². The van der Waals surface area contributed by atoms with Crippen LogP contribution in [-0.4, -0.2) is 0 Å². The molecule has 0 aromatic heterocycles. The van der Waals surface area contributed by atoms with E-state index < -0.39 is 0 Å². The molecule has 0 heterocycles. The molecule has 4 aromatic rings. The maximum absolute atomic E-state index is 10.7. The van der Waals surface area contributed by atoms with Gasteiger partial charge in [-0.15, -0.1) is 0 Å². The summed E-state index contributed by atoms with van der Waals surface area (Å²) in [6, 6.07) is 10.8. The third kappa shape index (κ3) is 12.7. The van der Waals surface area contributed by atoms with Gasteiger partial charge in [-0.25, -0.2) is 0 Å². The van der Waals surface area contributed by atoms with Gasteiger partial charge in [0.2, 0.25) is 0 Å². The third-order valence-corrected chi connectivity index (χ3v) is 9.10. The normalized spacial score (nSPS) is 9.66. The van der Waals surface area contributed by atoms with Gasteiger partial charge >= 0.3 is 21.7 Å². The van der Waals surface area contributed by atoms with Gasteiger partial charge in [0.05, 0.1) is 60.3 Å². The fourth-order valence-corrected chi connectivity index (χ4v) is 4.14. The molecule has 216 valence electrons. The van der Waals surface area contributed by atoms with E-state index in [9.17, 15) is 20.4 Å². The maximum atomic E-state index is 10.7. The first-order valence-electron chi connectivity index (χ1n) is 9.73. The summed E-state index contributed by atoms with van der Waals surface area (Å²) in [5, 5.41) is 44.5. The molecule has 0 N–H and O–H groups in total. The summed E-state index contributed by atoms with van der Waals surface area (Å²) in [5.41, 5.74) is 0. The van der Waals surface area contributed by atoms with Crippen LogP contribution < -0.4 is 20.4 Å². The minimum absolute atomic E-state index is 0. The monoisotopic (exact) mass is 828 g/mol. The van der Waals surface area contributed by atoms with Gasteiger partial charge in [-0.3, -0.25) is 0 Å². The van der Waals surface area contributed by atoms with Gasteiger partial charge in [0.25, 0.3) is 0 Å². The predicted molar refractivity (Wildman–Crippen MR) is 164 cm³/mol. The molecule has 0 aliphatic carbocycles. The minimum Gasteiger partial charge on any atom is -0.871 e. The summed E-state index contributed by atoms with van der Waals surface area (Å²) in [5.74, 6) is -1.24. The van der Waals surface area contributed by atoms with E-state index in [4.69, 9.17) is 139 Å². The van der Waals surface area contributed by atoms with Crippen molar-refractivity contribution >= 4 is 139 Å². The van der Waals surface area contributed by atoms with Gasteiger partial charge in [0.1, 0.15) is 0 Å². The number of rotatable bonds is 0. The largest absolute Gasteiger partial charge is 4.00 e. The van der Waals surface area contributed by atoms with Crippen LogP contribution in [0, 0.1) is 0 Å². The van der Waals surface area contributed by atoms with E-state index in [1.807, 2.05) is 0 Å². The SMILES string of the molecule is [O-]c1ccc(Cl)c(Cl)c1Cl.[O-]c1ccc(Cl)c(Cl)c1Cl.[O-]c1ccc(Cl)c(Cl)c1Cl.[O-]c1ccc(Cl)c(Cl)c1Cl.[Ti+4]. The van der Waals surface area contributed by atoms with E-state index in [1.165, 1.54) is 48.5 Å². The van der Waals surface area contributed by atoms with Crippen LogP contribution in [0.25, 0.3) is 0 Å². The van der Waals surface area contributed by atoms with Crippen molar-refractivity contribution in [2.75, 3.05) is 0 Å². The summed E-state index contributed by atoms with van der Waals surface area (Å²) in [6.45, 7) is 0. The topological polar surface area (TPSA) is 92.2 Å². The summed E-state index contributed by atoms with van der Waals surface area (Å²) in [4.78, 5) is 0. The van der Waals surface area contributed by atoms with Crippen molar-refractivity contribution in [3.63, 3.8) is 0 Å². The Morgan fingerprint density at radius 2 is 0.415 bits per heavy atom. The molecule has 0 bridgehead atoms. The first-order valence-corrected chi connectivity index (χ1v) is 14.3. The van der Waals surface area contributed by atoms with Crippen LogP contribution in [-0.2, 0) is 21.7 Å². The molecule has 41 heavy (non-hydrogen) atoms. The maximum Gasteiger partial charge on any atom is 4.00 e. The van der Waals surface area contributed by atoms with Crippen LogP contribution in [0.15, 0.2) is 48.5 Å². The fourth-order valence-electron chi connectivity index (χ4n) is 2.03. The van der Waals surface area contributed by atoms with Crippen molar-refractivity contribution in [1.29, 1.82) is 0 Å². The quantitative estimate of drug-likeness (QED) is 0.130. The first kappa shape index (κ1) is 41.3. The predicted octanol–water partition coefficient (Wildman–Crippen LogP) is 10.9. The van der Waals surface area contributed by atoms with E-state index in [0.717, 1.165) is 0 Å². The Labute approximate surface area is 309 Å². The second-order valence-corrected chi connectivity index (χ2v) is 11.3. The van der Waals surface area contributed by atoms with E-state index in [0.29, 0.717) is 20.1 Å². The number of benzene rings is 4. The zero-order valence-electron chi connectivity index (χ0n) is 19.3. The molecule has 0 amide bonds. The summed E-state index contributed by atoms with van der Waals surface area (Å²) >= 11 is 66.0. The van der Waals surface area contributed by atoms with Gasteiger partial charge in [-0.1, -0.05) is 186 Å². The Balaban J connectivity index is 0.000000516. The average Bonchev–Trinajstić information content (AvgIpc) is 2.93. The van der Waals surface area contributed by atoms with E-state index >= 15 is 0 Å². The average molecular weight is 834 g/mol. The van der Waals surface area contributed by atoms with Crippen LogP contribution in [0.2, 0.25) is 60.3 Å². The second-order valence-electron chi connectivity index (χ2n) is 6.69.